The summed E-state index contributed by atoms with van der Waals surface area (Å²) in [5, 5.41) is -0.279. The van der Waals surface area contributed by atoms with Crippen molar-refractivity contribution in [2.24, 2.45) is 0 Å². The minimum atomic E-state index is -0.299. The fraction of sp³-hybridized carbons (Fsp3) is 0.154. The first-order chi connectivity index (χ1) is 16.3. The van der Waals surface area contributed by atoms with E-state index in [9.17, 15) is 9.59 Å². The molecule has 0 bridgehead atoms. The predicted molar refractivity (Wildman–Crippen MR) is 147 cm³/mol. The minimum absolute atomic E-state index is 0.238. The molecule has 0 aromatic heterocycles. The molecular weight excluding hydrogens is 629 g/mol. The molecule has 1 heterocycles. The molecule has 3 aromatic carbocycles. The Bertz CT molecular complexity index is 1280. The number of amides is 2. The van der Waals surface area contributed by atoms with E-state index in [0.717, 1.165) is 36.5 Å². The van der Waals surface area contributed by atoms with Gasteiger partial charge >= 0.3 is 0 Å². The lowest BCUT2D eigenvalue weighted by atomic mass is 10.1. The second-order valence-corrected chi connectivity index (χ2v) is 10.8. The summed E-state index contributed by atoms with van der Waals surface area (Å²) in [5.74, 6) is 0.914. The van der Waals surface area contributed by atoms with Crippen molar-refractivity contribution in [2.75, 3.05) is 7.11 Å². The van der Waals surface area contributed by atoms with Gasteiger partial charge in [-0.15, -0.1) is 0 Å². The van der Waals surface area contributed by atoms with Crippen LogP contribution >= 0.6 is 50.3 Å². The first kappa shape index (κ1) is 24.8. The van der Waals surface area contributed by atoms with Gasteiger partial charge in [0.1, 0.15) is 6.61 Å². The van der Waals surface area contributed by atoms with Crippen molar-refractivity contribution in [3.63, 3.8) is 0 Å². The molecule has 4 rings (SSSR count). The van der Waals surface area contributed by atoms with E-state index in [1.165, 1.54) is 10.5 Å². The summed E-state index contributed by atoms with van der Waals surface area (Å²) in [6, 6.07) is 19.4. The average Bonchev–Trinajstić information content (AvgIpc) is 3.06. The van der Waals surface area contributed by atoms with Crippen LogP contribution in [0.1, 0.15) is 22.3 Å². The van der Waals surface area contributed by atoms with Crippen LogP contribution < -0.4 is 9.47 Å². The van der Waals surface area contributed by atoms with Crippen molar-refractivity contribution >= 4 is 67.5 Å². The van der Waals surface area contributed by atoms with E-state index < -0.39 is 0 Å². The Hall–Kier alpha value is -2.30. The second kappa shape index (κ2) is 11.0. The van der Waals surface area contributed by atoms with Crippen LogP contribution in [0.5, 0.6) is 11.5 Å². The van der Waals surface area contributed by atoms with Crippen LogP contribution in [0.2, 0.25) is 0 Å². The highest BCUT2D eigenvalue weighted by Crippen LogP contribution is 2.38. The SMILES string of the molecule is COc1cc(/C=C2\SC(=O)N(Cc3ccc(Br)cc3)C2=O)cc(I)c1OCc1cccc(C)c1. The number of ether oxygens (including phenoxy) is 2. The molecule has 0 saturated carbocycles. The Balaban J connectivity index is 1.53. The molecule has 0 aliphatic carbocycles. The molecule has 2 amide bonds. The van der Waals surface area contributed by atoms with E-state index in [0.29, 0.717) is 23.0 Å². The third-order valence-corrected chi connectivity index (χ3v) is 7.38. The molecule has 1 aliphatic rings. The lowest BCUT2D eigenvalue weighted by Gasteiger charge is -2.14. The van der Waals surface area contributed by atoms with Gasteiger partial charge in [-0.2, -0.15) is 0 Å². The smallest absolute Gasteiger partial charge is 0.293 e. The monoisotopic (exact) mass is 649 g/mol. The highest BCUT2D eigenvalue weighted by Gasteiger charge is 2.35. The lowest BCUT2D eigenvalue weighted by Crippen LogP contribution is -2.27. The van der Waals surface area contributed by atoms with Gasteiger partial charge in [0.15, 0.2) is 11.5 Å². The molecule has 34 heavy (non-hydrogen) atoms. The van der Waals surface area contributed by atoms with Gasteiger partial charge in [0.2, 0.25) is 0 Å². The molecule has 0 spiro atoms. The third-order valence-electron chi connectivity index (χ3n) is 5.14. The Labute approximate surface area is 224 Å². The number of thioether (sulfide) groups is 1. The summed E-state index contributed by atoms with van der Waals surface area (Å²) in [6.45, 7) is 2.70. The summed E-state index contributed by atoms with van der Waals surface area (Å²) in [4.78, 5) is 27.1. The maximum atomic E-state index is 12.9. The van der Waals surface area contributed by atoms with Crippen LogP contribution in [0, 0.1) is 10.5 Å². The molecule has 1 fully saturated rings. The summed E-state index contributed by atoms with van der Waals surface area (Å²) in [6.07, 6.45) is 1.72. The number of halogens is 2. The van der Waals surface area contributed by atoms with E-state index in [4.69, 9.17) is 9.47 Å². The van der Waals surface area contributed by atoms with E-state index in [2.05, 4.69) is 44.6 Å². The quantitative estimate of drug-likeness (QED) is 0.200. The highest BCUT2D eigenvalue weighted by atomic mass is 127. The standard InChI is InChI=1S/C26H21BrINO4S/c1-16-4-3-5-18(10-16)15-33-24-21(28)11-19(12-22(24)32-2)13-23-25(30)29(26(31)34-23)14-17-6-8-20(27)9-7-17/h3-13H,14-15H2,1-2H3/b23-13-. The van der Waals surface area contributed by atoms with Crippen molar-refractivity contribution < 1.29 is 19.1 Å². The fourth-order valence-corrected chi connectivity index (χ4v) is 5.36. The molecular formula is C26H21BrINO4S. The molecule has 174 valence electrons. The van der Waals surface area contributed by atoms with E-state index in [1.54, 1.807) is 13.2 Å². The summed E-state index contributed by atoms with van der Waals surface area (Å²) < 4.78 is 13.4. The minimum Gasteiger partial charge on any atom is -0.493 e. The number of carbonyl (C=O) groups excluding carboxylic acids is 2. The number of hydrogen-bond acceptors (Lipinski definition) is 5. The van der Waals surface area contributed by atoms with Crippen LogP contribution in [-0.4, -0.2) is 23.2 Å². The van der Waals surface area contributed by atoms with Gasteiger partial charge in [0.05, 0.1) is 22.1 Å². The van der Waals surface area contributed by atoms with Crippen molar-refractivity contribution in [1.82, 2.24) is 4.90 Å². The number of methoxy groups -OCH3 is 1. The van der Waals surface area contributed by atoms with Gasteiger partial charge in [-0.1, -0.05) is 57.9 Å². The maximum absolute atomic E-state index is 12.9. The highest BCUT2D eigenvalue weighted by molar-refractivity contribution is 14.1. The third kappa shape index (κ3) is 5.84. The Morgan fingerprint density at radius 1 is 1.06 bits per heavy atom. The summed E-state index contributed by atoms with van der Waals surface area (Å²) in [7, 11) is 1.58. The van der Waals surface area contributed by atoms with Crippen LogP contribution in [-0.2, 0) is 17.9 Å². The van der Waals surface area contributed by atoms with Gasteiger partial charge in [-0.25, -0.2) is 0 Å². The topological polar surface area (TPSA) is 55.8 Å². The Kier molecular flexibility index (Phi) is 8.00. The van der Waals surface area contributed by atoms with Crippen LogP contribution in [0.4, 0.5) is 4.79 Å². The van der Waals surface area contributed by atoms with Crippen molar-refractivity contribution in [2.45, 2.75) is 20.1 Å². The maximum Gasteiger partial charge on any atom is 0.293 e. The van der Waals surface area contributed by atoms with Crippen LogP contribution in [0.3, 0.4) is 0 Å². The Morgan fingerprint density at radius 2 is 1.82 bits per heavy atom. The number of hydrogen-bond donors (Lipinski definition) is 0. The molecule has 0 atom stereocenters. The summed E-state index contributed by atoms with van der Waals surface area (Å²) >= 11 is 6.54. The molecule has 0 N–H and O–H groups in total. The first-order valence-corrected chi connectivity index (χ1v) is 13.1. The zero-order valence-electron chi connectivity index (χ0n) is 18.5. The number of benzene rings is 3. The van der Waals surface area contributed by atoms with E-state index in [1.807, 2.05) is 61.5 Å². The molecule has 5 nitrogen and oxygen atoms in total. The van der Waals surface area contributed by atoms with Crippen molar-refractivity contribution in [3.05, 3.63) is 95.9 Å². The average molecular weight is 650 g/mol. The van der Waals surface area contributed by atoms with E-state index >= 15 is 0 Å². The van der Waals surface area contributed by atoms with Gasteiger partial charge in [-0.3, -0.25) is 14.5 Å². The van der Waals surface area contributed by atoms with Crippen molar-refractivity contribution in [3.8, 4) is 11.5 Å². The molecule has 0 radical (unpaired) electrons. The molecule has 3 aromatic rings. The largest absolute Gasteiger partial charge is 0.493 e. The van der Waals surface area contributed by atoms with Gasteiger partial charge < -0.3 is 9.47 Å². The second-order valence-electron chi connectivity index (χ2n) is 7.71. The van der Waals surface area contributed by atoms with Gasteiger partial charge in [0, 0.05) is 4.47 Å². The first-order valence-electron chi connectivity index (χ1n) is 10.4. The molecule has 1 saturated heterocycles. The zero-order valence-corrected chi connectivity index (χ0v) is 23.1. The molecule has 0 unspecified atom stereocenters. The van der Waals surface area contributed by atoms with Gasteiger partial charge in [0.25, 0.3) is 11.1 Å². The number of carbonyl (C=O) groups is 2. The lowest BCUT2D eigenvalue weighted by molar-refractivity contribution is -0.123. The number of rotatable bonds is 7. The number of imide groups is 1. The summed E-state index contributed by atoms with van der Waals surface area (Å²) in [5.41, 5.74) is 3.89. The molecule has 8 heteroatoms. The van der Waals surface area contributed by atoms with Crippen molar-refractivity contribution in [1.29, 1.82) is 0 Å². The molecule has 1 aliphatic heterocycles. The normalized spacial score (nSPS) is 14.7. The zero-order chi connectivity index (χ0) is 24.2. The van der Waals surface area contributed by atoms with Crippen LogP contribution in [0.25, 0.3) is 6.08 Å². The number of nitrogens with zero attached hydrogens (tertiary/aromatic N) is 1. The van der Waals surface area contributed by atoms with Crippen LogP contribution in [0.15, 0.2) is 70.0 Å². The van der Waals surface area contributed by atoms with Gasteiger partial charge in [-0.05, 0) is 88.3 Å². The number of aryl methyl sites for hydroxylation is 1. The predicted octanol–water partition coefficient (Wildman–Crippen LogP) is 7.19. The van der Waals surface area contributed by atoms with E-state index in [-0.39, 0.29) is 17.7 Å². The Morgan fingerprint density at radius 3 is 2.53 bits per heavy atom. The fourth-order valence-electron chi connectivity index (χ4n) is 3.48.